The van der Waals surface area contributed by atoms with Crippen molar-refractivity contribution in [2.24, 2.45) is 0 Å². The molecule has 0 saturated carbocycles. The normalized spacial score (nSPS) is 14.9. The predicted octanol–water partition coefficient (Wildman–Crippen LogP) is 2.33. The van der Waals surface area contributed by atoms with Gasteiger partial charge in [-0.1, -0.05) is 30.3 Å². The zero-order valence-corrected chi connectivity index (χ0v) is 15.2. The Bertz CT molecular complexity index is 946. The van der Waals surface area contributed by atoms with Gasteiger partial charge >= 0.3 is 0 Å². The summed E-state index contributed by atoms with van der Waals surface area (Å²) in [6.45, 7) is 4.21. The molecule has 2 N–H and O–H groups in total. The van der Waals surface area contributed by atoms with Crippen LogP contribution in [0.2, 0.25) is 0 Å². The quantitative estimate of drug-likeness (QED) is 0.742. The summed E-state index contributed by atoms with van der Waals surface area (Å²) in [5.41, 5.74) is 2.84. The minimum atomic E-state index is -0.271. The van der Waals surface area contributed by atoms with E-state index in [4.69, 9.17) is 0 Å². The highest BCUT2D eigenvalue weighted by Crippen LogP contribution is 2.20. The number of benzene rings is 2. The van der Waals surface area contributed by atoms with Gasteiger partial charge in [0.25, 0.3) is 5.56 Å². The molecule has 1 aliphatic heterocycles. The van der Waals surface area contributed by atoms with Gasteiger partial charge in [0.05, 0.1) is 0 Å². The summed E-state index contributed by atoms with van der Waals surface area (Å²) in [7, 11) is 2.15. The van der Waals surface area contributed by atoms with Crippen LogP contribution in [0.5, 0.6) is 0 Å². The van der Waals surface area contributed by atoms with Crippen molar-refractivity contribution in [3.8, 4) is 11.3 Å². The van der Waals surface area contributed by atoms with Crippen LogP contribution in [0.1, 0.15) is 0 Å². The van der Waals surface area contributed by atoms with E-state index in [0.717, 1.165) is 37.4 Å². The lowest BCUT2D eigenvalue weighted by Gasteiger charge is -2.34. The van der Waals surface area contributed by atoms with Crippen LogP contribution in [0, 0.1) is 0 Å². The fourth-order valence-electron chi connectivity index (χ4n) is 3.14. The first-order valence-corrected chi connectivity index (χ1v) is 9.02. The summed E-state index contributed by atoms with van der Waals surface area (Å²) >= 11 is 0. The molecule has 1 fully saturated rings. The van der Waals surface area contributed by atoms with Crippen LogP contribution in [0.25, 0.3) is 11.3 Å². The van der Waals surface area contributed by atoms with Gasteiger partial charge in [0.2, 0.25) is 5.95 Å². The molecule has 2 heterocycles. The van der Waals surface area contributed by atoms with Crippen molar-refractivity contribution >= 4 is 17.3 Å². The van der Waals surface area contributed by atoms with E-state index in [1.54, 1.807) is 0 Å². The van der Waals surface area contributed by atoms with Crippen molar-refractivity contribution in [3.63, 3.8) is 0 Å². The van der Waals surface area contributed by atoms with Gasteiger partial charge in [-0.2, -0.15) is 0 Å². The Hall–Kier alpha value is -3.19. The molecule has 0 spiro atoms. The second kappa shape index (κ2) is 7.59. The van der Waals surface area contributed by atoms with Crippen LogP contribution in [0.15, 0.2) is 59.4 Å². The minimum absolute atomic E-state index is 0.271. The minimum Gasteiger partial charge on any atom is -0.369 e. The lowest BCUT2D eigenvalue weighted by molar-refractivity contribution is 0.313. The maximum atomic E-state index is 12.3. The van der Waals surface area contributed by atoms with E-state index in [9.17, 15) is 4.79 Å². The third-order valence-electron chi connectivity index (χ3n) is 4.74. The summed E-state index contributed by atoms with van der Waals surface area (Å²) < 4.78 is 0. The van der Waals surface area contributed by atoms with Crippen LogP contribution >= 0.6 is 0 Å². The summed E-state index contributed by atoms with van der Waals surface area (Å²) in [5.74, 6) is 0.326. The van der Waals surface area contributed by atoms with Gasteiger partial charge in [0, 0.05) is 43.1 Å². The number of anilines is 3. The first-order chi connectivity index (χ1) is 13.2. The number of aromatic nitrogens is 3. The van der Waals surface area contributed by atoms with Crippen molar-refractivity contribution in [1.82, 2.24) is 20.1 Å². The van der Waals surface area contributed by atoms with Gasteiger partial charge in [-0.05, 0) is 31.3 Å². The van der Waals surface area contributed by atoms with Gasteiger partial charge in [-0.15, -0.1) is 10.2 Å². The van der Waals surface area contributed by atoms with E-state index in [1.807, 2.05) is 42.5 Å². The molecular weight excluding hydrogens is 340 g/mol. The standard InChI is InChI=1S/C20H22N6O/c1-25-11-13-26(14-12-25)17-9-7-16(8-10-17)21-20-22-19(27)18(23-24-20)15-5-3-2-4-6-15/h2-10H,11-14H2,1H3,(H2,21,22,24,27). The number of likely N-dealkylation sites (N-methyl/N-ethyl adjacent to an activating group) is 1. The molecule has 0 aliphatic carbocycles. The van der Waals surface area contributed by atoms with Crippen LogP contribution < -0.4 is 15.8 Å². The van der Waals surface area contributed by atoms with Gasteiger partial charge < -0.3 is 15.1 Å². The summed E-state index contributed by atoms with van der Waals surface area (Å²) in [4.78, 5) is 19.8. The van der Waals surface area contributed by atoms with Crippen LogP contribution in [-0.4, -0.2) is 53.3 Å². The number of nitrogens with one attached hydrogen (secondary N) is 2. The van der Waals surface area contributed by atoms with Crippen LogP contribution in [0.3, 0.4) is 0 Å². The highest BCUT2D eigenvalue weighted by molar-refractivity contribution is 5.61. The first kappa shape index (κ1) is 17.2. The maximum absolute atomic E-state index is 12.3. The average molecular weight is 362 g/mol. The summed E-state index contributed by atoms with van der Waals surface area (Å²) in [5, 5.41) is 11.3. The Morgan fingerprint density at radius 1 is 0.926 bits per heavy atom. The number of H-pyrrole nitrogens is 1. The molecule has 4 rings (SSSR count). The lowest BCUT2D eigenvalue weighted by atomic mass is 10.2. The number of rotatable bonds is 4. The smallest absolute Gasteiger partial charge is 0.279 e. The van der Waals surface area contributed by atoms with E-state index < -0.39 is 0 Å². The fourth-order valence-corrected chi connectivity index (χ4v) is 3.14. The Kier molecular flexibility index (Phi) is 4.84. The Morgan fingerprint density at radius 3 is 2.30 bits per heavy atom. The molecule has 0 radical (unpaired) electrons. The predicted molar refractivity (Wildman–Crippen MR) is 108 cm³/mol. The molecule has 138 valence electrons. The zero-order valence-electron chi connectivity index (χ0n) is 15.2. The number of piperazine rings is 1. The van der Waals surface area contributed by atoms with Gasteiger partial charge in [0.1, 0.15) is 0 Å². The SMILES string of the molecule is CN1CCN(c2ccc(Nc3nnc(-c4ccccc4)c(=O)[nH]3)cc2)CC1. The molecular formula is C20H22N6O. The number of hydrogen-bond acceptors (Lipinski definition) is 6. The van der Waals surface area contributed by atoms with Crippen molar-refractivity contribution in [1.29, 1.82) is 0 Å². The molecule has 1 aromatic heterocycles. The molecule has 27 heavy (non-hydrogen) atoms. The zero-order chi connectivity index (χ0) is 18.6. The van der Waals surface area contributed by atoms with Crippen LogP contribution in [0.4, 0.5) is 17.3 Å². The monoisotopic (exact) mass is 362 g/mol. The Labute approximate surface area is 157 Å². The van der Waals surface area contributed by atoms with E-state index in [0.29, 0.717) is 11.6 Å². The second-order valence-electron chi connectivity index (χ2n) is 6.68. The van der Waals surface area contributed by atoms with Crippen molar-refractivity contribution in [2.75, 3.05) is 43.4 Å². The van der Waals surface area contributed by atoms with E-state index in [2.05, 4.69) is 49.5 Å². The third kappa shape index (κ3) is 3.98. The molecule has 7 heteroatoms. The molecule has 3 aromatic rings. The highest BCUT2D eigenvalue weighted by atomic mass is 16.1. The molecule has 0 amide bonds. The van der Waals surface area contributed by atoms with Gasteiger partial charge in [0.15, 0.2) is 5.69 Å². The summed E-state index contributed by atoms with van der Waals surface area (Å²) in [6.07, 6.45) is 0. The highest BCUT2D eigenvalue weighted by Gasteiger charge is 2.14. The average Bonchev–Trinajstić information content (AvgIpc) is 2.70. The molecule has 0 unspecified atom stereocenters. The second-order valence-corrected chi connectivity index (χ2v) is 6.68. The first-order valence-electron chi connectivity index (χ1n) is 9.02. The van der Waals surface area contributed by atoms with Crippen molar-refractivity contribution in [2.45, 2.75) is 0 Å². The Morgan fingerprint density at radius 2 is 1.63 bits per heavy atom. The maximum Gasteiger partial charge on any atom is 0.279 e. The number of aromatic amines is 1. The molecule has 2 aromatic carbocycles. The fraction of sp³-hybridized carbons (Fsp3) is 0.250. The number of hydrogen-bond donors (Lipinski definition) is 2. The topological polar surface area (TPSA) is 77.2 Å². The van der Waals surface area contributed by atoms with Crippen molar-refractivity contribution in [3.05, 3.63) is 65.0 Å². The van der Waals surface area contributed by atoms with Crippen LogP contribution in [-0.2, 0) is 0 Å². The largest absolute Gasteiger partial charge is 0.369 e. The number of nitrogens with zero attached hydrogens (tertiary/aromatic N) is 4. The lowest BCUT2D eigenvalue weighted by Crippen LogP contribution is -2.44. The van der Waals surface area contributed by atoms with E-state index in [1.165, 1.54) is 5.69 Å². The molecule has 0 atom stereocenters. The van der Waals surface area contributed by atoms with Gasteiger partial charge in [-0.25, -0.2) is 0 Å². The molecule has 0 bridgehead atoms. The molecule has 1 saturated heterocycles. The molecule has 7 nitrogen and oxygen atoms in total. The summed E-state index contributed by atoms with van der Waals surface area (Å²) in [6, 6.07) is 17.4. The third-order valence-corrected chi connectivity index (χ3v) is 4.74. The Balaban J connectivity index is 1.46. The van der Waals surface area contributed by atoms with Gasteiger partial charge in [-0.3, -0.25) is 9.78 Å². The van der Waals surface area contributed by atoms with E-state index in [-0.39, 0.29) is 5.56 Å². The molecule has 1 aliphatic rings. The van der Waals surface area contributed by atoms with E-state index >= 15 is 0 Å². The van der Waals surface area contributed by atoms with Crippen molar-refractivity contribution < 1.29 is 0 Å².